The van der Waals surface area contributed by atoms with E-state index >= 15 is 0 Å². The van der Waals surface area contributed by atoms with E-state index < -0.39 is 11.6 Å². The molecule has 0 aromatic carbocycles. The van der Waals surface area contributed by atoms with Crippen LogP contribution in [0.4, 0.5) is 0 Å². The van der Waals surface area contributed by atoms with Gasteiger partial charge in [-0.3, -0.25) is 9.59 Å². The van der Waals surface area contributed by atoms with Gasteiger partial charge in [0.1, 0.15) is 17.3 Å². The van der Waals surface area contributed by atoms with Crippen molar-refractivity contribution in [2.75, 3.05) is 0 Å². The van der Waals surface area contributed by atoms with Gasteiger partial charge in [0.05, 0.1) is 11.7 Å². The smallest absolute Gasteiger partial charge is 0.249 e. The van der Waals surface area contributed by atoms with Crippen molar-refractivity contribution in [2.45, 2.75) is 65.6 Å². The zero-order chi connectivity index (χ0) is 15.9. The molecule has 1 fully saturated rings. The molecular weight excluding hydrogens is 270 g/mol. The quantitative estimate of drug-likeness (QED) is 0.923. The van der Waals surface area contributed by atoms with E-state index in [0.29, 0.717) is 12.2 Å². The molecule has 2 heterocycles. The predicted molar refractivity (Wildman–Crippen MR) is 77.5 cm³/mol. The molecular formula is C15H23N3O3. The fourth-order valence-corrected chi connectivity index (χ4v) is 2.99. The van der Waals surface area contributed by atoms with Gasteiger partial charge in [-0.15, -0.1) is 0 Å². The first kappa shape index (κ1) is 15.5. The van der Waals surface area contributed by atoms with E-state index in [1.807, 2.05) is 27.7 Å². The van der Waals surface area contributed by atoms with Crippen LogP contribution in [0.1, 0.15) is 57.2 Å². The molecule has 21 heavy (non-hydrogen) atoms. The molecule has 3 atom stereocenters. The third-order valence-corrected chi connectivity index (χ3v) is 4.53. The normalized spacial score (nSPS) is 27.7. The highest BCUT2D eigenvalue weighted by Crippen LogP contribution is 2.33. The number of carbonyl (C=O) groups is 2. The van der Waals surface area contributed by atoms with Crippen molar-refractivity contribution in [2.24, 2.45) is 0 Å². The highest BCUT2D eigenvalue weighted by Gasteiger charge is 2.47. The largest absolute Gasteiger partial charge is 0.361 e. The maximum atomic E-state index is 12.9. The Morgan fingerprint density at radius 2 is 2.05 bits per heavy atom. The van der Waals surface area contributed by atoms with Crippen molar-refractivity contribution >= 4 is 11.8 Å². The van der Waals surface area contributed by atoms with E-state index in [9.17, 15) is 9.59 Å². The number of carbonyl (C=O) groups excluding carboxylic acids is 2. The van der Waals surface area contributed by atoms with Gasteiger partial charge < -0.3 is 14.7 Å². The van der Waals surface area contributed by atoms with Gasteiger partial charge in [0.15, 0.2) is 0 Å². The monoisotopic (exact) mass is 293 g/mol. The minimum atomic E-state index is -0.850. The molecule has 1 aromatic rings. The Hall–Kier alpha value is -1.85. The molecule has 6 nitrogen and oxygen atoms in total. The first-order valence-electron chi connectivity index (χ1n) is 7.30. The summed E-state index contributed by atoms with van der Waals surface area (Å²) >= 11 is 0. The predicted octanol–water partition coefficient (Wildman–Crippen LogP) is 1.87. The Balaban J connectivity index is 2.44. The zero-order valence-corrected chi connectivity index (χ0v) is 13.5. The molecule has 0 bridgehead atoms. The second-order valence-corrected chi connectivity index (χ2v) is 5.98. The maximum absolute atomic E-state index is 12.9. The minimum absolute atomic E-state index is 0.0652. The molecule has 1 aromatic heterocycles. The lowest BCUT2D eigenvalue weighted by Crippen LogP contribution is -2.68. The van der Waals surface area contributed by atoms with Crippen molar-refractivity contribution in [1.82, 2.24) is 15.4 Å². The van der Waals surface area contributed by atoms with Crippen LogP contribution in [0.5, 0.6) is 0 Å². The van der Waals surface area contributed by atoms with Crippen LogP contribution in [0.3, 0.4) is 0 Å². The molecule has 1 saturated heterocycles. The third-order valence-electron chi connectivity index (χ3n) is 4.53. The Bertz CT molecular complexity index is 561. The second kappa shape index (κ2) is 5.16. The average molecular weight is 293 g/mol. The number of hydrogen-bond acceptors (Lipinski definition) is 4. The molecule has 3 unspecified atom stereocenters. The summed E-state index contributed by atoms with van der Waals surface area (Å²) in [6, 6.07) is -0.767. The van der Waals surface area contributed by atoms with Crippen LogP contribution < -0.4 is 5.32 Å². The Morgan fingerprint density at radius 1 is 1.43 bits per heavy atom. The lowest BCUT2D eigenvalue weighted by Gasteiger charge is -2.45. The Labute approximate surface area is 124 Å². The van der Waals surface area contributed by atoms with Crippen molar-refractivity contribution in [3.05, 3.63) is 17.0 Å². The first-order chi connectivity index (χ1) is 9.73. The topological polar surface area (TPSA) is 75.4 Å². The summed E-state index contributed by atoms with van der Waals surface area (Å²) < 4.78 is 5.19. The van der Waals surface area contributed by atoms with Gasteiger partial charge in [-0.25, -0.2) is 0 Å². The summed E-state index contributed by atoms with van der Waals surface area (Å²) in [7, 11) is 0. The van der Waals surface area contributed by atoms with Gasteiger partial charge in [0.2, 0.25) is 11.8 Å². The van der Waals surface area contributed by atoms with Crippen LogP contribution in [-0.4, -0.2) is 33.5 Å². The average Bonchev–Trinajstić information content (AvgIpc) is 2.76. The fraction of sp³-hybridized carbons (Fsp3) is 0.667. The van der Waals surface area contributed by atoms with E-state index in [1.165, 1.54) is 0 Å². The number of rotatable bonds is 3. The Morgan fingerprint density at radius 3 is 2.52 bits per heavy atom. The fourth-order valence-electron chi connectivity index (χ4n) is 2.99. The summed E-state index contributed by atoms with van der Waals surface area (Å²) in [5.41, 5.74) is 0.782. The zero-order valence-electron chi connectivity index (χ0n) is 13.5. The molecule has 6 heteroatoms. The summed E-state index contributed by atoms with van der Waals surface area (Å²) in [5, 5.41) is 6.78. The van der Waals surface area contributed by atoms with Crippen LogP contribution in [-0.2, 0) is 9.59 Å². The molecule has 0 saturated carbocycles. The van der Waals surface area contributed by atoms with Gasteiger partial charge >= 0.3 is 0 Å². The highest BCUT2D eigenvalue weighted by atomic mass is 16.5. The molecule has 116 valence electrons. The van der Waals surface area contributed by atoms with E-state index in [4.69, 9.17) is 4.52 Å². The summed E-state index contributed by atoms with van der Waals surface area (Å²) in [4.78, 5) is 26.7. The van der Waals surface area contributed by atoms with Gasteiger partial charge in [-0.1, -0.05) is 12.1 Å². The summed E-state index contributed by atoms with van der Waals surface area (Å²) in [6.07, 6.45) is 0.551. The number of aryl methyl sites for hydroxylation is 2. The number of aromatic nitrogens is 1. The second-order valence-electron chi connectivity index (χ2n) is 5.98. The minimum Gasteiger partial charge on any atom is -0.361 e. The standard InChI is InChI=1S/C15H23N3O3/c1-7-15(6)14(20)18(10(4)13(19)16-15)9(3)12-8(2)17-21-11(12)5/h9-10H,7H2,1-6H3,(H,16,19). The van der Waals surface area contributed by atoms with E-state index in [1.54, 1.807) is 18.7 Å². The van der Waals surface area contributed by atoms with Gasteiger partial charge in [-0.05, 0) is 41.0 Å². The van der Waals surface area contributed by atoms with E-state index in [-0.39, 0.29) is 17.9 Å². The molecule has 0 spiro atoms. The number of nitrogens with one attached hydrogen (secondary N) is 1. The third kappa shape index (κ3) is 2.32. The van der Waals surface area contributed by atoms with E-state index in [2.05, 4.69) is 10.5 Å². The molecule has 1 aliphatic rings. The van der Waals surface area contributed by atoms with Crippen LogP contribution in [0.25, 0.3) is 0 Å². The van der Waals surface area contributed by atoms with Crippen molar-refractivity contribution in [3.8, 4) is 0 Å². The lowest BCUT2D eigenvalue weighted by atomic mass is 9.90. The lowest BCUT2D eigenvalue weighted by molar-refractivity contribution is -0.156. The highest BCUT2D eigenvalue weighted by molar-refractivity contribution is 5.99. The number of amides is 2. The van der Waals surface area contributed by atoms with Crippen LogP contribution in [0, 0.1) is 13.8 Å². The molecule has 0 radical (unpaired) electrons. The van der Waals surface area contributed by atoms with Crippen LogP contribution in [0.2, 0.25) is 0 Å². The SMILES string of the molecule is CCC1(C)NC(=O)C(C)N(C(C)c2c(C)noc2C)C1=O. The maximum Gasteiger partial charge on any atom is 0.249 e. The van der Waals surface area contributed by atoms with Gasteiger partial charge in [-0.2, -0.15) is 0 Å². The molecule has 1 N–H and O–H groups in total. The van der Waals surface area contributed by atoms with Crippen molar-refractivity contribution < 1.29 is 14.1 Å². The van der Waals surface area contributed by atoms with Crippen LogP contribution in [0.15, 0.2) is 4.52 Å². The summed E-state index contributed by atoms with van der Waals surface area (Å²) in [5.74, 6) is 0.492. The molecule has 2 amide bonds. The van der Waals surface area contributed by atoms with Gasteiger partial charge in [0.25, 0.3) is 0 Å². The number of piperazine rings is 1. The number of hydrogen-bond donors (Lipinski definition) is 1. The molecule has 2 rings (SSSR count). The van der Waals surface area contributed by atoms with Crippen molar-refractivity contribution in [1.29, 1.82) is 0 Å². The first-order valence-corrected chi connectivity index (χ1v) is 7.30. The molecule has 1 aliphatic heterocycles. The van der Waals surface area contributed by atoms with Crippen LogP contribution >= 0.6 is 0 Å². The Kier molecular flexibility index (Phi) is 3.82. The van der Waals surface area contributed by atoms with E-state index in [0.717, 1.165) is 11.3 Å². The number of nitrogens with zero attached hydrogens (tertiary/aromatic N) is 2. The van der Waals surface area contributed by atoms with Crippen molar-refractivity contribution in [3.63, 3.8) is 0 Å². The van der Waals surface area contributed by atoms with Gasteiger partial charge in [0, 0.05) is 5.56 Å². The summed E-state index contributed by atoms with van der Waals surface area (Å²) in [6.45, 7) is 11.0. The molecule has 0 aliphatic carbocycles.